The number of aryl methyl sites for hydroxylation is 2. The van der Waals surface area contributed by atoms with Crippen molar-refractivity contribution in [3.05, 3.63) is 41.2 Å². The Hall–Kier alpha value is -3.01. The Morgan fingerprint density at radius 1 is 1.50 bits per heavy atom. The molecule has 1 aromatic heterocycles. The highest BCUT2D eigenvalue weighted by atomic mass is 16.5. The Bertz CT molecular complexity index is 776. The normalized spacial score (nSPS) is 11.5. The number of nitrogens with zero attached hydrogens (tertiary/aromatic N) is 3. The van der Waals surface area contributed by atoms with E-state index in [0.717, 1.165) is 11.3 Å². The molecule has 126 valence electrons. The fourth-order valence-corrected chi connectivity index (χ4v) is 2.45. The van der Waals surface area contributed by atoms with Crippen LogP contribution in [0.5, 0.6) is 5.75 Å². The van der Waals surface area contributed by atoms with Crippen molar-refractivity contribution in [2.24, 2.45) is 7.05 Å². The molecule has 0 saturated carbocycles. The lowest BCUT2D eigenvalue weighted by molar-refractivity contribution is 0.249. The molecule has 1 aromatic carbocycles. The lowest BCUT2D eigenvalue weighted by Crippen LogP contribution is -2.31. The van der Waals surface area contributed by atoms with Gasteiger partial charge in [0.15, 0.2) is 0 Å². The standard InChI is InChI=1S/C17H21N5O2/c1-5-24-16-7-6-13(9-18)8-15(16)20-17(23)19-11(2)14-10-22(4)21-12(14)3/h6-8,10-11H,5H2,1-4H3,(H2,19,20,23)/t11-/m1/s1. The van der Waals surface area contributed by atoms with Crippen molar-refractivity contribution in [3.63, 3.8) is 0 Å². The second-order valence-corrected chi connectivity index (χ2v) is 5.42. The minimum Gasteiger partial charge on any atom is -0.492 e. The second-order valence-electron chi connectivity index (χ2n) is 5.42. The Kier molecular flexibility index (Phi) is 5.42. The van der Waals surface area contributed by atoms with E-state index in [4.69, 9.17) is 10.00 Å². The molecule has 0 radical (unpaired) electrons. The molecule has 7 nitrogen and oxygen atoms in total. The molecule has 1 atom stereocenters. The quantitative estimate of drug-likeness (QED) is 0.883. The van der Waals surface area contributed by atoms with Gasteiger partial charge >= 0.3 is 6.03 Å². The molecule has 24 heavy (non-hydrogen) atoms. The summed E-state index contributed by atoms with van der Waals surface area (Å²) in [5, 5.41) is 18.9. The molecule has 0 aliphatic heterocycles. The van der Waals surface area contributed by atoms with Crippen LogP contribution in [0.2, 0.25) is 0 Å². The van der Waals surface area contributed by atoms with E-state index >= 15 is 0 Å². The van der Waals surface area contributed by atoms with Gasteiger partial charge < -0.3 is 15.4 Å². The molecule has 0 unspecified atom stereocenters. The van der Waals surface area contributed by atoms with E-state index in [0.29, 0.717) is 23.6 Å². The van der Waals surface area contributed by atoms with Gasteiger partial charge in [-0.1, -0.05) is 0 Å². The maximum atomic E-state index is 12.3. The number of ether oxygens (including phenoxy) is 1. The van der Waals surface area contributed by atoms with E-state index in [1.54, 1.807) is 22.9 Å². The number of hydrogen-bond acceptors (Lipinski definition) is 4. The molecular weight excluding hydrogens is 306 g/mol. The van der Waals surface area contributed by atoms with Crippen molar-refractivity contribution >= 4 is 11.7 Å². The number of carbonyl (C=O) groups excluding carboxylic acids is 1. The summed E-state index contributed by atoms with van der Waals surface area (Å²) in [7, 11) is 1.84. The summed E-state index contributed by atoms with van der Waals surface area (Å²) in [5.74, 6) is 0.525. The Morgan fingerprint density at radius 3 is 2.83 bits per heavy atom. The Labute approximate surface area is 141 Å². The van der Waals surface area contributed by atoms with E-state index < -0.39 is 0 Å². The number of benzene rings is 1. The van der Waals surface area contributed by atoms with Gasteiger partial charge in [0.2, 0.25) is 0 Å². The predicted molar refractivity (Wildman–Crippen MR) is 90.8 cm³/mol. The maximum Gasteiger partial charge on any atom is 0.319 e. The van der Waals surface area contributed by atoms with Crippen LogP contribution in [0.3, 0.4) is 0 Å². The number of nitriles is 1. The molecular formula is C17H21N5O2. The molecule has 0 fully saturated rings. The van der Waals surface area contributed by atoms with Crippen LogP contribution in [0.1, 0.15) is 36.7 Å². The highest BCUT2D eigenvalue weighted by Gasteiger charge is 2.15. The molecule has 1 heterocycles. The van der Waals surface area contributed by atoms with Crippen LogP contribution >= 0.6 is 0 Å². The van der Waals surface area contributed by atoms with Crippen LogP contribution in [-0.4, -0.2) is 22.4 Å². The van der Waals surface area contributed by atoms with E-state index in [1.165, 1.54) is 0 Å². The summed E-state index contributed by atoms with van der Waals surface area (Å²) in [6.07, 6.45) is 1.88. The average molecular weight is 327 g/mol. The highest BCUT2D eigenvalue weighted by molar-refractivity contribution is 5.91. The van der Waals surface area contributed by atoms with E-state index in [2.05, 4.69) is 15.7 Å². The number of hydrogen-bond donors (Lipinski definition) is 2. The van der Waals surface area contributed by atoms with Crippen LogP contribution in [0, 0.1) is 18.3 Å². The number of anilines is 1. The SMILES string of the molecule is CCOc1ccc(C#N)cc1NC(=O)N[C@H](C)c1cn(C)nc1C. The predicted octanol–water partition coefficient (Wildman–Crippen LogP) is 2.88. The lowest BCUT2D eigenvalue weighted by Gasteiger charge is -2.16. The van der Waals surface area contributed by atoms with Crippen molar-refractivity contribution in [2.75, 3.05) is 11.9 Å². The molecule has 2 rings (SSSR count). The summed E-state index contributed by atoms with van der Waals surface area (Å²) in [6, 6.07) is 6.38. The van der Waals surface area contributed by atoms with Crippen molar-refractivity contribution in [2.45, 2.75) is 26.8 Å². The van der Waals surface area contributed by atoms with Crippen LogP contribution in [-0.2, 0) is 7.05 Å². The second kappa shape index (κ2) is 7.51. The number of carbonyl (C=O) groups is 1. The van der Waals surface area contributed by atoms with Crippen LogP contribution in [0.25, 0.3) is 0 Å². The first-order valence-electron chi connectivity index (χ1n) is 7.69. The number of aromatic nitrogens is 2. The minimum absolute atomic E-state index is 0.201. The molecule has 7 heteroatoms. The van der Waals surface area contributed by atoms with Gasteiger partial charge in [-0.3, -0.25) is 4.68 Å². The summed E-state index contributed by atoms with van der Waals surface area (Å²) in [4.78, 5) is 12.3. The summed E-state index contributed by atoms with van der Waals surface area (Å²) in [6.45, 7) is 6.11. The Morgan fingerprint density at radius 2 is 2.25 bits per heavy atom. The molecule has 2 amide bonds. The lowest BCUT2D eigenvalue weighted by atomic mass is 10.1. The summed E-state index contributed by atoms with van der Waals surface area (Å²) < 4.78 is 7.20. The monoisotopic (exact) mass is 327 g/mol. The third-order valence-electron chi connectivity index (χ3n) is 3.52. The van der Waals surface area contributed by atoms with Gasteiger partial charge in [0.1, 0.15) is 5.75 Å². The molecule has 0 saturated heterocycles. The van der Waals surface area contributed by atoms with Gasteiger partial charge in [-0.05, 0) is 39.0 Å². The van der Waals surface area contributed by atoms with Crippen molar-refractivity contribution < 1.29 is 9.53 Å². The third-order valence-corrected chi connectivity index (χ3v) is 3.52. The first kappa shape index (κ1) is 17.3. The smallest absolute Gasteiger partial charge is 0.319 e. The van der Waals surface area contributed by atoms with E-state index in [1.807, 2.05) is 40.1 Å². The minimum atomic E-state index is -0.373. The molecule has 2 N–H and O–H groups in total. The fourth-order valence-electron chi connectivity index (χ4n) is 2.45. The van der Waals surface area contributed by atoms with E-state index in [9.17, 15) is 4.79 Å². The summed E-state index contributed by atoms with van der Waals surface area (Å²) >= 11 is 0. The van der Waals surface area contributed by atoms with Crippen molar-refractivity contribution in [1.29, 1.82) is 5.26 Å². The van der Waals surface area contributed by atoms with E-state index in [-0.39, 0.29) is 12.1 Å². The van der Waals surface area contributed by atoms with Gasteiger partial charge in [0, 0.05) is 18.8 Å². The molecule has 0 aliphatic carbocycles. The number of nitrogens with one attached hydrogen (secondary N) is 2. The number of rotatable bonds is 5. The zero-order valence-electron chi connectivity index (χ0n) is 14.3. The third kappa shape index (κ3) is 4.04. The zero-order valence-corrected chi connectivity index (χ0v) is 14.3. The van der Waals surface area contributed by atoms with Crippen LogP contribution in [0.4, 0.5) is 10.5 Å². The van der Waals surface area contributed by atoms with Crippen molar-refractivity contribution in [1.82, 2.24) is 15.1 Å². The highest BCUT2D eigenvalue weighted by Crippen LogP contribution is 2.26. The topological polar surface area (TPSA) is 92.0 Å². The van der Waals surface area contributed by atoms with Crippen molar-refractivity contribution in [3.8, 4) is 11.8 Å². The Balaban J connectivity index is 2.11. The van der Waals surface area contributed by atoms with Gasteiger partial charge in [-0.2, -0.15) is 10.4 Å². The van der Waals surface area contributed by atoms with Gasteiger partial charge in [-0.15, -0.1) is 0 Å². The molecule has 2 aromatic rings. The average Bonchev–Trinajstić information content (AvgIpc) is 2.87. The van der Waals surface area contributed by atoms with Gasteiger partial charge in [0.05, 0.1) is 35.7 Å². The molecule has 0 bridgehead atoms. The maximum absolute atomic E-state index is 12.3. The van der Waals surface area contributed by atoms with Crippen LogP contribution < -0.4 is 15.4 Å². The van der Waals surface area contributed by atoms with Gasteiger partial charge in [-0.25, -0.2) is 4.79 Å². The fraction of sp³-hybridized carbons (Fsp3) is 0.353. The first-order valence-corrected chi connectivity index (χ1v) is 7.69. The molecule has 0 spiro atoms. The first-order chi connectivity index (χ1) is 11.4. The molecule has 0 aliphatic rings. The summed E-state index contributed by atoms with van der Waals surface area (Å²) in [5.41, 5.74) is 2.73. The van der Waals surface area contributed by atoms with Crippen LogP contribution in [0.15, 0.2) is 24.4 Å². The number of urea groups is 1. The number of amides is 2. The zero-order chi connectivity index (χ0) is 17.7. The largest absolute Gasteiger partial charge is 0.492 e. The van der Waals surface area contributed by atoms with Gasteiger partial charge in [0.25, 0.3) is 0 Å².